The number of rotatable bonds is 5. The molecule has 0 aliphatic carbocycles. The fourth-order valence-electron chi connectivity index (χ4n) is 5.05. The molecule has 4 aliphatic rings. The Morgan fingerprint density at radius 2 is 1.81 bits per heavy atom. The van der Waals surface area contributed by atoms with Crippen molar-refractivity contribution in [2.45, 2.75) is 31.8 Å². The summed E-state index contributed by atoms with van der Waals surface area (Å²) in [5.74, 6) is 1.96. The third kappa shape index (κ3) is 4.38. The van der Waals surface area contributed by atoms with E-state index in [0.717, 1.165) is 45.1 Å². The van der Waals surface area contributed by atoms with E-state index >= 15 is 0 Å². The molecule has 2 aromatic rings. The van der Waals surface area contributed by atoms with Crippen molar-refractivity contribution >= 4 is 11.6 Å². The molecule has 1 aromatic heterocycles. The van der Waals surface area contributed by atoms with Gasteiger partial charge in [0.15, 0.2) is 0 Å². The largest absolute Gasteiger partial charge is 0.456 e. The van der Waals surface area contributed by atoms with Crippen LogP contribution in [0.3, 0.4) is 0 Å². The predicted octanol–water partition coefficient (Wildman–Crippen LogP) is 2.92. The molecule has 1 N–H and O–H groups in total. The normalized spacial score (nSPS) is 27.7. The number of hydrogen-bond acceptors (Lipinski definition) is 6. The molecule has 6 rings (SSSR count). The van der Waals surface area contributed by atoms with Crippen LogP contribution in [0.1, 0.15) is 30.1 Å². The monoisotopic (exact) mass is 422 g/mol. The summed E-state index contributed by atoms with van der Waals surface area (Å²) in [5.41, 5.74) is 1.69. The molecule has 2 unspecified atom stereocenters. The lowest BCUT2D eigenvalue weighted by Gasteiger charge is -2.49. The molecule has 2 bridgehead atoms. The lowest BCUT2D eigenvalue weighted by atomic mass is 9.79. The molecule has 7 heteroatoms. The van der Waals surface area contributed by atoms with Gasteiger partial charge < -0.3 is 19.7 Å². The zero-order valence-electron chi connectivity index (χ0n) is 18.0. The third-order valence-electron chi connectivity index (χ3n) is 6.90. The van der Waals surface area contributed by atoms with Crippen LogP contribution in [0.15, 0.2) is 42.7 Å². The number of hydrogen-bond donors (Lipinski definition) is 1. The van der Waals surface area contributed by atoms with Crippen LogP contribution in [0.25, 0.3) is 0 Å². The van der Waals surface area contributed by atoms with Crippen LogP contribution in [0.2, 0.25) is 0 Å². The Labute approximate surface area is 183 Å². The van der Waals surface area contributed by atoms with Crippen molar-refractivity contribution in [2.24, 2.45) is 5.92 Å². The number of ether oxygens (including phenoxy) is 2. The highest BCUT2D eigenvalue weighted by atomic mass is 16.5. The van der Waals surface area contributed by atoms with Crippen LogP contribution in [-0.2, 0) is 4.74 Å². The number of pyridine rings is 1. The van der Waals surface area contributed by atoms with Crippen LogP contribution >= 0.6 is 0 Å². The molecule has 0 radical (unpaired) electrons. The molecule has 164 valence electrons. The highest BCUT2D eigenvalue weighted by Gasteiger charge is 2.40. The number of benzene rings is 1. The maximum atomic E-state index is 12.8. The van der Waals surface area contributed by atoms with Crippen LogP contribution in [0.5, 0.6) is 11.5 Å². The quantitative estimate of drug-likeness (QED) is 0.799. The van der Waals surface area contributed by atoms with E-state index in [1.807, 2.05) is 36.5 Å². The van der Waals surface area contributed by atoms with E-state index in [2.05, 4.69) is 27.0 Å². The molecule has 1 aromatic carbocycles. The minimum atomic E-state index is -0.00636. The van der Waals surface area contributed by atoms with Gasteiger partial charge >= 0.3 is 0 Å². The van der Waals surface area contributed by atoms with E-state index in [1.165, 1.54) is 12.8 Å². The topological polar surface area (TPSA) is 66.9 Å². The van der Waals surface area contributed by atoms with E-state index in [9.17, 15) is 4.79 Å². The number of amides is 1. The fraction of sp³-hybridized carbons (Fsp3) is 0.500. The number of piperidine rings is 3. The van der Waals surface area contributed by atoms with E-state index in [-0.39, 0.29) is 11.9 Å². The first-order valence-corrected chi connectivity index (χ1v) is 11.3. The second-order valence-electron chi connectivity index (χ2n) is 8.72. The molecule has 1 amide bonds. The summed E-state index contributed by atoms with van der Waals surface area (Å²) in [6.45, 7) is 7.71. The van der Waals surface area contributed by atoms with Gasteiger partial charge in [0.05, 0.1) is 31.3 Å². The van der Waals surface area contributed by atoms with Gasteiger partial charge in [-0.2, -0.15) is 0 Å². The van der Waals surface area contributed by atoms with Crippen LogP contribution in [0, 0.1) is 5.92 Å². The van der Waals surface area contributed by atoms with Crippen molar-refractivity contribution in [3.63, 3.8) is 0 Å². The first-order valence-electron chi connectivity index (χ1n) is 11.3. The average Bonchev–Trinajstić information content (AvgIpc) is 2.83. The summed E-state index contributed by atoms with van der Waals surface area (Å²) < 4.78 is 11.4. The van der Waals surface area contributed by atoms with Gasteiger partial charge in [0.25, 0.3) is 5.91 Å². The van der Waals surface area contributed by atoms with Crippen molar-refractivity contribution in [3.05, 3.63) is 48.3 Å². The van der Waals surface area contributed by atoms with Crippen LogP contribution in [-0.4, -0.2) is 67.3 Å². The molecule has 31 heavy (non-hydrogen) atoms. The molecular weight excluding hydrogens is 392 g/mol. The number of aromatic nitrogens is 1. The minimum absolute atomic E-state index is 0.00636. The number of carbonyl (C=O) groups is 1. The molecule has 4 aliphatic heterocycles. The fourth-order valence-corrected chi connectivity index (χ4v) is 5.05. The first kappa shape index (κ1) is 20.3. The van der Waals surface area contributed by atoms with Gasteiger partial charge in [-0.05, 0) is 63.0 Å². The van der Waals surface area contributed by atoms with Crippen LogP contribution in [0.4, 0.5) is 5.69 Å². The summed E-state index contributed by atoms with van der Waals surface area (Å²) in [4.78, 5) is 21.9. The Balaban J connectivity index is 1.22. The van der Waals surface area contributed by atoms with E-state index in [4.69, 9.17) is 9.47 Å². The second-order valence-corrected chi connectivity index (χ2v) is 8.72. The molecule has 4 saturated heterocycles. The van der Waals surface area contributed by atoms with E-state index < -0.39 is 0 Å². The number of anilines is 1. The molecular formula is C24H30N4O3. The van der Waals surface area contributed by atoms with Crippen molar-refractivity contribution in [3.8, 4) is 11.5 Å². The zero-order valence-corrected chi connectivity index (χ0v) is 18.0. The van der Waals surface area contributed by atoms with Gasteiger partial charge in [-0.1, -0.05) is 0 Å². The van der Waals surface area contributed by atoms with Gasteiger partial charge in [-0.3, -0.25) is 14.7 Å². The molecule has 2 atom stereocenters. The molecule has 7 nitrogen and oxygen atoms in total. The molecule has 0 saturated carbocycles. The maximum Gasteiger partial charge on any atom is 0.251 e. The Bertz CT molecular complexity index is 903. The Kier molecular flexibility index (Phi) is 5.78. The standard InChI is InChI=1S/C24H30N4O3/c1-17-23(18-6-8-27(17)9-7-18)26-24(29)19-2-4-21(5-3-19)31-22-14-20(15-25-16-22)28-10-12-30-13-11-28/h2-5,14-18,23H,6-13H2,1H3,(H,26,29). The van der Waals surface area contributed by atoms with Crippen molar-refractivity contribution < 1.29 is 14.3 Å². The Morgan fingerprint density at radius 1 is 1.06 bits per heavy atom. The number of carbonyl (C=O) groups excluding carboxylic acids is 1. The Morgan fingerprint density at radius 3 is 2.52 bits per heavy atom. The second kappa shape index (κ2) is 8.85. The third-order valence-corrected chi connectivity index (χ3v) is 6.90. The van der Waals surface area contributed by atoms with Crippen LogP contribution < -0.4 is 15.0 Å². The van der Waals surface area contributed by atoms with Crippen molar-refractivity contribution in [1.29, 1.82) is 0 Å². The summed E-state index contributed by atoms with van der Waals surface area (Å²) in [7, 11) is 0. The van der Waals surface area contributed by atoms with Gasteiger partial charge in [0.1, 0.15) is 11.5 Å². The van der Waals surface area contributed by atoms with Gasteiger partial charge in [-0.15, -0.1) is 0 Å². The molecule has 5 heterocycles. The average molecular weight is 423 g/mol. The number of fused-ring (bicyclic) bond motifs is 3. The zero-order chi connectivity index (χ0) is 21.2. The number of nitrogens with one attached hydrogen (secondary N) is 1. The van der Waals surface area contributed by atoms with E-state index in [0.29, 0.717) is 29.0 Å². The summed E-state index contributed by atoms with van der Waals surface area (Å²) in [6, 6.07) is 9.98. The Hall–Kier alpha value is -2.64. The first-order chi connectivity index (χ1) is 15.2. The lowest BCUT2D eigenvalue weighted by molar-refractivity contribution is 0.0217. The van der Waals surface area contributed by atoms with Gasteiger partial charge in [0.2, 0.25) is 0 Å². The number of morpholine rings is 1. The molecule has 4 fully saturated rings. The summed E-state index contributed by atoms with van der Waals surface area (Å²) >= 11 is 0. The van der Waals surface area contributed by atoms with Crippen molar-refractivity contribution in [2.75, 3.05) is 44.3 Å². The number of nitrogens with zero attached hydrogens (tertiary/aromatic N) is 3. The minimum Gasteiger partial charge on any atom is -0.456 e. The van der Waals surface area contributed by atoms with Gasteiger partial charge in [-0.25, -0.2) is 0 Å². The smallest absolute Gasteiger partial charge is 0.251 e. The van der Waals surface area contributed by atoms with Crippen molar-refractivity contribution in [1.82, 2.24) is 15.2 Å². The SMILES string of the molecule is CC1C(NC(=O)c2ccc(Oc3cncc(N4CCOCC4)c3)cc2)C2CCN1CC2. The maximum absolute atomic E-state index is 12.8. The van der Waals surface area contributed by atoms with Gasteiger partial charge in [0, 0.05) is 36.8 Å². The highest BCUT2D eigenvalue weighted by molar-refractivity contribution is 5.94. The lowest BCUT2D eigenvalue weighted by Crippen LogP contribution is -2.62. The summed E-state index contributed by atoms with van der Waals surface area (Å²) in [5, 5.41) is 3.28. The highest BCUT2D eigenvalue weighted by Crippen LogP contribution is 2.32. The van der Waals surface area contributed by atoms with E-state index in [1.54, 1.807) is 6.20 Å². The summed E-state index contributed by atoms with van der Waals surface area (Å²) in [6.07, 6.45) is 5.92. The predicted molar refractivity (Wildman–Crippen MR) is 119 cm³/mol. The molecule has 0 spiro atoms.